The minimum absolute atomic E-state index is 0.0518. The van der Waals surface area contributed by atoms with Gasteiger partial charge in [-0.1, -0.05) is 44.2 Å². The fourth-order valence-corrected chi connectivity index (χ4v) is 2.36. The van der Waals surface area contributed by atoms with E-state index in [1.54, 1.807) is 0 Å². The van der Waals surface area contributed by atoms with Gasteiger partial charge in [-0.3, -0.25) is 4.79 Å². The Bertz CT molecular complexity index is 393. The topological polar surface area (TPSA) is 75.4 Å². The maximum atomic E-state index is 12.1. The summed E-state index contributed by atoms with van der Waals surface area (Å²) in [5.41, 5.74) is 6.63. The summed E-state index contributed by atoms with van der Waals surface area (Å²) in [5.74, 6) is 0.674. The average molecular weight is 278 g/mol. The highest BCUT2D eigenvalue weighted by molar-refractivity contribution is 5.76. The predicted molar refractivity (Wildman–Crippen MR) is 81.0 cm³/mol. The third kappa shape index (κ3) is 5.72. The number of nitrogens with one attached hydrogen (secondary N) is 1. The number of aliphatic hydroxyl groups is 1. The van der Waals surface area contributed by atoms with Crippen LogP contribution in [0.1, 0.15) is 38.3 Å². The molecule has 4 heteroatoms. The molecule has 0 aliphatic rings. The summed E-state index contributed by atoms with van der Waals surface area (Å²) in [5, 5.41) is 12.3. The minimum atomic E-state index is -0.346. The maximum absolute atomic E-state index is 12.1. The SMILES string of the molecule is CC(C)CC(CN)CC(=O)N[C@@H](CO)c1ccccc1. The molecular formula is C16H26N2O2. The first kappa shape index (κ1) is 16.7. The summed E-state index contributed by atoms with van der Waals surface area (Å²) in [7, 11) is 0. The molecule has 0 saturated heterocycles. The fraction of sp³-hybridized carbons (Fsp3) is 0.562. The first-order chi connectivity index (χ1) is 9.56. The van der Waals surface area contributed by atoms with Crippen molar-refractivity contribution in [3.05, 3.63) is 35.9 Å². The van der Waals surface area contributed by atoms with E-state index in [-0.39, 0.29) is 24.5 Å². The normalized spacial score (nSPS) is 14.1. The van der Waals surface area contributed by atoms with Gasteiger partial charge in [0.1, 0.15) is 0 Å². The Hall–Kier alpha value is -1.39. The second-order valence-electron chi connectivity index (χ2n) is 5.65. The van der Waals surface area contributed by atoms with Crippen LogP contribution in [-0.4, -0.2) is 24.2 Å². The molecule has 0 aliphatic heterocycles. The van der Waals surface area contributed by atoms with Gasteiger partial charge in [-0.05, 0) is 30.4 Å². The highest BCUT2D eigenvalue weighted by Crippen LogP contribution is 2.16. The average Bonchev–Trinajstić information content (AvgIpc) is 2.44. The summed E-state index contributed by atoms with van der Waals surface area (Å²) in [4.78, 5) is 12.1. The molecule has 0 saturated carbocycles. The van der Waals surface area contributed by atoms with Crippen LogP contribution in [0.25, 0.3) is 0 Å². The Morgan fingerprint density at radius 2 is 1.95 bits per heavy atom. The van der Waals surface area contributed by atoms with Crippen LogP contribution in [0.4, 0.5) is 0 Å². The summed E-state index contributed by atoms with van der Waals surface area (Å²) in [6, 6.07) is 9.15. The van der Waals surface area contributed by atoms with Crippen LogP contribution in [0, 0.1) is 11.8 Å². The molecule has 0 aromatic heterocycles. The molecule has 1 unspecified atom stereocenters. The second kappa shape index (κ2) is 8.72. The quantitative estimate of drug-likeness (QED) is 0.679. The maximum Gasteiger partial charge on any atom is 0.220 e. The van der Waals surface area contributed by atoms with Crippen LogP contribution >= 0.6 is 0 Å². The smallest absolute Gasteiger partial charge is 0.220 e. The van der Waals surface area contributed by atoms with Gasteiger partial charge in [0.15, 0.2) is 0 Å². The van der Waals surface area contributed by atoms with Crippen molar-refractivity contribution in [2.45, 2.75) is 32.7 Å². The van der Waals surface area contributed by atoms with Crippen molar-refractivity contribution < 1.29 is 9.90 Å². The molecule has 4 N–H and O–H groups in total. The lowest BCUT2D eigenvalue weighted by molar-refractivity contribution is -0.123. The zero-order valence-corrected chi connectivity index (χ0v) is 12.4. The second-order valence-corrected chi connectivity index (χ2v) is 5.65. The molecule has 1 aromatic carbocycles. The Balaban J connectivity index is 2.55. The number of carbonyl (C=O) groups is 1. The van der Waals surface area contributed by atoms with Gasteiger partial charge in [-0.25, -0.2) is 0 Å². The molecular weight excluding hydrogens is 252 g/mol. The largest absolute Gasteiger partial charge is 0.394 e. The third-order valence-corrected chi connectivity index (χ3v) is 3.33. The van der Waals surface area contributed by atoms with E-state index < -0.39 is 0 Å². The number of amides is 1. The standard InChI is InChI=1S/C16H26N2O2/c1-12(2)8-13(10-17)9-16(20)18-15(11-19)14-6-4-3-5-7-14/h3-7,12-13,15,19H,8-11,17H2,1-2H3,(H,18,20)/t13?,15-/m0/s1. The lowest BCUT2D eigenvalue weighted by Crippen LogP contribution is -2.33. The number of carbonyl (C=O) groups excluding carboxylic acids is 1. The van der Waals surface area contributed by atoms with E-state index >= 15 is 0 Å². The Morgan fingerprint density at radius 3 is 2.45 bits per heavy atom. The van der Waals surface area contributed by atoms with Gasteiger partial charge in [0, 0.05) is 6.42 Å². The van der Waals surface area contributed by atoms with E-state index in [9.17, 15) is 9.90 Å². The van der Waals surface area contributed by atoms with E-state index in [1.165, 1.54) is 0 Å². The summed E-state index contributed by atoms with van der Waals surface area (Å²) < 4.78 is 0. The molecule has 20 heavy (non-hydrogen) atoms. The van der Waals surface area contributed by atoms with Gasteiger partial charge in [0.25, 0.3) is 0 Å². The number of rotatable bonds is 8. The van der Waals surface area contributed by atoms with Crippen molar-refractivity contribution in [2.75, 3.05) is 13.2 Å². The zero-order chi connectivity index (χ0) is 15.0. The van der Waals surface area contributed by atoms with E-state index in [0.29, 0.717) is 18.9 Å². The molecule has 2 atom stereocenters. The van der Waals surface area contributed by atoms with Crippen molar-refractivity contribution in [3.8, 4) is 0 Å². The van der Waals surface area contributed by atoms with Crippen molar-refractivity contribution in [1.29, 1.82) is 0 Å². The fourth-order valence-electron chi connectivity index (χ4n) is 2.36. The highest BCUT2D eigenvalue weighted by Gasteiger charge is 2.17. The molecule has 0 fully saturated rings. The van der Waals surface area contributed by atoms with Crippen molar-refractivity contribution in [1.82, 2.24) is 5.32 Å². The number of hydrogen-bond acceptors (Lipinski definition) is 3. The molecule has 0 bridgehead atoms. The van der Waals surface area contributed by atoms with Crippen LogP contribution in [-0.2, 0) is 4.79 Å². The number of benzene rings is 1. The summed E-state index contributed by atoms with van der Waals surface area (Å²) in [6.07, 6.45) is 1.36. The molecule has 1 rings (SSSR count). The van der Waals surface area contributed by atoms with E-state index in [0.717, 1.165) is 12.0 Å². The molecule has 0 radical (unpaired) electrons. The van der Waals surface area contributed by atoms with Crippen LogP contribution in [0.15, 0.2) is 30.3 Å². The Labute approximate surface area is 121 Å². The summed E-state index contributed by atoms with van der Waals surface area (Å²) in [6.45, 7) is 4.66. The Morgan fingerprint density at radius 1 is 1.30 bits per heavy atom. The van der Waals surface area contributed by atoms with E-state index in [2.05, 4.69) is 19.2 Å². The number of nitrogens with two attached hydrogens (primary N) is 1. The molecule has 0 spiro atoms. The zero-order valence-electron chi connectivity index (χ0n) is 12.4. The predicted octanol–water partition coefficient (Wildman–Crippen LogP) is 1.85. The molecule has 1 amide bonds. The Kier molecular flexibility index (Phi) is 7.26. The van der Waals surface area contributed by atoms with Gasteiger partial charge in [0.2, 0.25) is 5.91 Å². The van der Waals surface area contributed by atoms with Gasteiger partial charge in [-0.15, -0.1) is 0 Å². The molecule has 0 aliphatic carbocycles. The van der Waals surface area contributed by atoms with E-state index in [4.69, 9.17) is 5.73 Å². The van der Waals surface area contributed by atoms with Crippen LogP contribution < -0.4 is 11.1 Å². The van der Waals surface area contributed by atoms with Crippen molar-refractivity contribution >= 4 is 5.91 Å². The van der Waals surface area contributed by atoms with Gasteiger partial charge in [-0.2, -0.15) is 0 Å². The summed E-state index contributed by atoms with van der Waals surface area (Å²) >= 11 is 0. The van der Waals surface area contributed by atoms with Gasteiger partial charge < -0.3 is 16.2 Å². The highest BCUT2D eigenvalue weighted by atomic mass is 16.3. The van der Waals surface area contributed by atoms with Crippen LogP contribution in [0.5, 0.6) is 0 Å². The van der Waals surface area contributed by atoms with Crippen molar-refractivity contribution in [2.24, 2.45) is 17.6 Å². The van der Waals surface area contributed by atoms with Gasteiger partial charge >= 0.3 is 0 Å². The number of aliphatic hydroxyl groups excluding tert-OH is 1. The van der Waals surface area contributed by atoms with Crippen LogP contribution in [0.2, 0.25) is 0 Å². The first-order valence-electron chi connectivity index (χ1n) is 7.22. The minimum Gasteiger partial charge on any atom is -0.394 e. The first-order valence-corrected chi connectivity index (χ1v) is 7.22. The molecule has 112 valence electrons. The lowest BCUT2D eigenvalue weighted by Gasteiger charge is -2.20. The molecule has 0 heterocycles. The number of hydrogen-bond donors (Lipinski definition) is 3. The van der Waals surface area contributed by atoms with Gasteiger partial charge in [0.05, 0.1) is 12.6 Å². The monoisotopic (exact) mass is 278 g/mol. The van der Waals surface area contributed by atoms with E-state index in [1.807, 2.05) is 30.3 Å². The van der Waals surface area contributed by atoms with Crippen LogP contribution in [0.3, 0.4) is 0 Å². The third-order valence-electron chi connectivity index (χ3n) is 3.33. The van der Waals surface area contributed by atoms with Crippen molar-refractivity contribution in [3.63, 3.8) is 0 Å². The lowest BCUT2D eigenvalue weighted by atomic mass is 9.94. The molecule has 1 aromatic rings. The molecule has 4 nitrogen and oxygen atoms in total.